The van der Waals surface area contributed by atoms with E-state index in [4.69, 9.17) is 0 Å². The summed E-state index contributed by atoms with van der Waals surface area (Å²) in [5, 5.41) is 20.9. The molecule has 2 aromatic carbocycles. The van der Waals surface area contributed by atoms with E-state index in [0.717, 1.165) is 18.4 Å². The van der Waals surface area contributed by atoms with Gasteiger partial charge in [-0.05, 0) is 55.3 Å². The lowest BCUT2D eigenvalue weighted by molar-refractivity contribution is -0.155. The predicted molar refractivity (Wildman–Crippen MR) is 100 cm³/mol. The maximum Gasteiger partial charge on any atom is 0.345 e. The molecule has 2 fully saturated rings. The molecule has 0 aliphatic carbocycles. The van der Waals surface area contributed by atoms with Crippen molar-refractivity contribution in [3.63, 3.8) is 0 Å². The first kappa shape index (κ1) is 17.3. The number of nitrogens with zero attached hydrogens (tertiary/aromatic N) is 1. The van der Waals surface area contributed by atoms with E-state index in [1.807, 2.05) is 18.2 Å². The van der Waals surface area contributed by atoms with Gasteiger partial charge in [-0.15, -0.1) is 0 Å². The second-order valence-electron chi connectivity index (χ2n) is 7.73. The summed E-state index contributed by atoms with van der Waals surface area (Å²) in [4.78, 5) is 14.5. The minimum Gasteiger partial charge on any atom is -0.479 e. The highest BCUT2D eigenvalue weighted by molar-refractivity contribution is 5.83. The van der Waals surface area contributed by atoms with Gasteiger partial charge in [0.05, 0.1) is 0 Å². The van der Waals surface area contributed by atoms with Gasteiger partial charge in [0.1, 0.15) is 0 Å². The number of rotatable bonds is 4. The molecule has 2 aliphatic rings. The molecule has 0 aromatic heterocycles. The first-order chi connectivity index (χ1) is 12.5. The molecule has 3 unspecified atom stereocenters. The number of carboxylic acid groups (broad SMARTS) is 1. The molecule has 136 valence electrons. The Labute approximate surface area is 154 Å². The third-order valence-corrected chi connectivity index (χ3v) is 6.38. The molecular formula is C22H25NO3. The summed E-state index contributed by atoms with van der Waals surface area (Å²) in [5.74, 6) is -0.818. The normalized spacial score (nSPS) is 27.8. The fourth-order valence-electron chi connectivity index (χ4n) is 4.79. The number of hydrogen-bond acceptors (Lipinski definition) is 3. The molecule has 0 radical (unpaired) electrons. The molecule has 2 saturated heterocycles. The van der Waals surface area contributed by atoms with Gasteiger partial charge in [-0.3, -0.25) is 0 Å². The molecule has 0 spiro atoms. The van der Waals surface area contributed by atoms with Gasteiger partial charge in [-0.25, -0.2) is 4.79 Å². The molecule has 4 heteroatoms. The average molecular weight is 351 g/mol. The van der Waals surface area contributed by atoms with Gasteiger partial charge in [-0.2, -0.15) is 0 Å². The monoisotopic (exact) mass is 351 g/mol. The van der Waals surface area contributed by atoms with Crippen molar-refractivity contribution in [1.82, 2.24) is 4.90 Å². The van der Waals surface area contributed by atoms with Crippen molar-refractivity contribution in [3.05, 3.63) is 71.3 Å². The largest absolute Gasteiger partial charge is 0.479 e. The molecule has 2 aromatic rings. The Morgan fingerprint density at radius 1 is 1.00 bits per heavy atom. The highest BCUT2D eigenvalue weighted by atomic mass is 16.4. The van der Waals surface area contributed by atoms with Crippen molar-refractivity contribution in [2.75, 3.05) is 7.05 Å². The van der Waals surface area contributed by atoms with Crippen LogP contribution in [0.3, 0.4) is 0 Å². The lowest BCUT2D eigenvalue weighted by Gasteiger charge is -2.37. The van der Waals surface area contributed by atoms with Crippen LogP contribution in [0.15, 0.2) is 54.6 Å². The Hall–Kier alpha value is -2.17. The first-order valence-electron chi connectivity index (χ1n) is 9.34. The zero-order chi connectivity index (χ0) is 18.3. The number of carbonyl (C=O) groups is 1. The molecule has 4 nitrogen and oxygen atoms in total. The smallest absolute Gasteiger partial charge is 0.345 e. The maximum absolute atomic E-state index is 12.0. The standard InChI is InChI=1S/C22H25NO3/c1-23-19-10-11-20(23)14-16(13-19)15-6-5-9-18(12-15)22(26,21(24)25)17-7-3-2-4-8-17/h2-9,12,16,19-20,26H,10-11,13-14H2,1H3,(H,24,25). The van der Waals surface area contributed by atoms with E-state index >= 15 is 0 Å². The second-order valence-corrected chi connectivity index (χ2v) is 7.73. The highest BCUT2D eigenvalue weighted by Crippen LogP contribution is 2.43. The van der Waals surface area contributed by atoms with Crippen LogP contribution in [0.4, 0.5) is 0 Å². The molecular weight excluding hydrogens is 326 g/mol. The van der Waals surface area contributed by atoms with Crippen molar-refractivity contribution in [2.24, 2.45) is 0 Å². The number of hydrogen-bond donors (Lipinski definition) is 2. The Kier molecular flexibility index (Phi) is 4.33. The summed E-state index contributed by atoms with van der Waals surface area (Å²) in [5.41, 5.74) is -0.0713. The molecule has 0 amide bonds. The number of piperidine rings is 1. The Bertz CT molecular complexity index is 792. The van der Waals surface area contributed by atoms with Gasteiger partial charge in [-0.1, -0.05) is 54.6 Å². The van der Waals surface area contributed by atoms with Crippen LogP contribution < -0.4 is 0 Å². The van der Waals surface area contributed by atoms with E-state index in [1.54, 1.807) is 30.3 Å². The van der Waals surface area contributed by atoms with Crippen molar-refractivity contribution < 1.29 is 15.0 Å². The summed E-state index contributed by atoms with van der Waals surface area (Å²) in [6, 6.07) is 17.5. The molecule has 3 atom stereocenters. The number of aliphatic hydroxyl groups is 1. The fourth-order valence-corrected chi connectivity index (χ4v) is 4.79. The van der Waals surface area contributed by atoms with Crippen LogP contribution in [0.25, 0.3) is 0 Å². The van der Waals surface area contributed by atoms with E-state index in [0.29, 0.717) is 29.1 Å². The minimum absolute atomic E-state index is 0.382. The van der Waals surface area contributed by atoms with Crippen LogP contribution in [0, 0.1) is 0 Å². The topological polar surface area (TPSA) is 60.8 Å². The van der Waals surface area contributed by atoms with E-state index in [2.05, 4.69) is 18.0 Å². The third kappa shape index (κ3) is 2.74. The summed E-state index contributed by atoms with van der Waals surface area (Å²) in [7, 11) is 2.22. The number of benzene rings is 2. The van der Waals surface area contributed by atoms with Crippen molar-refractivity contribution >= 4 is 5.97 Å². The van der Waals surface area contributed by atoms with Gasteiger partial charge in [0.25, 0.3) is 0 Å². The molecule has 26 heavy (non-hydrogen) atoms. The van der Waals surface area contributed by atoms with Crippen LogP contribution in [0.1, 0.15) is 48.3 Å². The van der Waals surface area contributed by atoms with Gasteiger partial charge in [0.15, 0.2) is 0 Å². The van der Waals surface area contributed by atoms with Crippen LogP contribution >= 0.6 is 0 Å². The van der Waals surface area contributed by atoms with Crippen molar-refractivity contribution in [3.8, 4) is 0 Å². The zero-order valence-electron chi connectivity index (χ0n) is 15.0. The van der Waals surface area contributed by atoms with Gasteiger partial charge in [0, 0.05) is 12.1 Å². The van der Waals surface area contributed by atoms with E-state index < -0.39 is 11.6 Å². The summed E-state index contributed by atoms with van der Waals surface area (Å²) in [6.07, 6.45) is 4.71. The number of fused-ring (bicyclic) bond motifs is 2. The van der Waals surface area contributed by atoms with Gasteiger partial charge >= 0.3 is 5.97 Å². The first-order valence-corrected chi connectivity index (χ1v) is 9.34. The lowest BCUT2D eigenvalue weighted by Crippen LogP contribution is -2.39. The van der Waals surface area contributed by atoms with Crippen LogP contribution in [-0.2, 0) is 10.4 Å². The molecule has 2 heterocycles. The summed E-state index contributed by atoms with van der Waals surface area (Å²) >= 11 is 0. The van der Waals surface area contributed by atoms with Gasteiger partial charge in [0.2, 0.25) is 5.60 Å². The average Bonchev–Trinajstić information content (AvgIpc) is 2.87. The molecule has 2 bridgehead atoms. The minimum atomic E-state index is -2.03. The summed E-state index contributed by atoms with van der Waals surface area (Å²) in [6.45, 7) is 0. The Morgan fingerprint density at radius 2 is 1.62 bits per heavy atom. The van der Waals surface area contributed by atoms with Crippen LogP contribution in [-0.4, -0.2) is 40.2 Å². The second kappa shape index (κ2) is 6.53. The van der Waals surface area contributed by atoms with Gasteiger partial charge < -0.3 is 15.1 Å². The molecule has 0 saturated carbocycles. The van der Waals surface area contributed by atoms with Crippen molar-refractivity contribution in [1.29, 1.82) is 0 Å². The molecule has 2 aliphatic heterocycles. The molecule has 4 rings (SSSR count). The Balaban J connectivity index is 1.70. The number of carboxylic acids is 1. The summed E-state index contributed by atoms with van der Waals surface area (Å²) < 4.78 is 0. The zero-order valence-corrected chi connectivity index (χ0v) is 15.0. The van der Waals surface area contributed by atoms with E-state index in [9.17, 15) is 15.0 Å². The van der Waals surface area contributed by atoms with E-state index in [-0.39, 0.29) is 0 Å². The van der Waals surface area contributed by atoms with Crippen LogP contribution in [0.5, 0.6) is 0 Å². The Morgan fingerprint density at radius 3 is 2.23 bits per heavy atom. The highest BCUT2D eigenvalue weighted by Gasteiger charge is 2.42. The fraction of sp³-hybridized carbons (Fsp3) is 0.409. The third-order valence-electron chi connectivity index (χ3n) is 6.38. The quantitative estimate of drug-likeness (QED) is 0.887. The number of aliphatic carboxylic acids is 1. The maximum atomic E-state index is 12.0. The SMILES string of the molecule is CN1C2CCC1CC(c1cccc(C(O)(C(=O)O)c3ccccc3)c1)C2. The van der Waals surface area contributed by atoms with Crippen LogP contribution in [0.2, 0.25) is 0 Å². The van der Waals surface area contributed by atoms with Crippen molar-refractivity contribution in [2.45, 2.75) is 49.3 Å². The molecule has 2 N–H and O–H groups in total. The lowest BCUT2D eigenvalue weighted by atomic mass is 9.81. The predicted octanol–water partition coefficient (Wildman–Crippen LogP) is 3.35. The van der Waals surface area contributed by atoms with E-state index in [1.165, 1.54) is 12.8 Å².